The van der Waals surface area contributed by atoms with E-state index in [9.17, 15) is 10.1 Å². The van der Waals surface area contributed by atoms with Crippen LogP contribution in [0.2, 0.25) is 0 Å². The van der Waals surface area contributed by atoms with Crippen LogP contribution in [-0.2, 0) is 13.1 Å². The Morgan fingerprint density at radius 2 is 1.74 bits per heavy atom. The first-order valence-corrected chi connectivity index (χ1v) is 8.01. The molecule has 1 saturated heterocycles. The first-order valence-electron chi connectivity index (χ1n) is 8.01. The summed E-state index contributed by atoms with van der Waals surface area (Å²) in [5.41, 5.74) is 2.37. The second-order valence-corrected chi connectivity index (χ2v) is 6.10. The molecule has 0 radical (unpaired) electrons. The summed E-state index contributed by atoms with van der Waals surface area (Å²) < 4.78 is 0. The van der Waals surface area contributed by atoms with Crippen molar-refractivity contribution in [3.05, 3.63) is 70.0 Å². The molecule has 2 heterocycles. The largest absolute Gasteiger partial charge is 0.322 e. The molecule has 23 heavy (non-hydrogen) atoms. The van der Waals surface area contributed by atoms with E-state index >= 15 is 0 Å². The second kappa shape index (κ2) is 7.30. The molecular weight excluding hydrogens is 292 g/mol. The van der Waals surface area contributed by atoms with Crippen LogP contribution in [0, 0.1) is 10.1 Å². The van der Waals surface area contributed by atoms with Gasteiger partial charge in [-0.1, -0.05) is 18.2 Å². The number of hydrogen-bond acceptors (Lipinski definition) is 3. The zero-order chi connectivity index (χ0) is 16.1. The fraction of sp³-hybridized carbons (Fsp3) is 0.353. The highest BCUT2D eigenvalue weighted by atomic mass is 16.6. The molecule has 1 aromatic heterocycles. The number of piperazine rings is 1. The van der Waals surface area contributed by atoms with E-state index in [4.69, 9.17) is 0 Å². The number of quaternary nitrogens is 2. The van der Waals surface area contributed by atoms with Crippen LogP contribution in [0.5, 0.6) is 0 Å². The summed E-state index contributed by atoms with van der Waals surface area (Å²) in [5, 5.41) is 10.9. The number of rotatable bonds is 5. The topological polar surface area (TPSA) is 64.9 Å². The monoisotopic (exact) mass is 314 g/mol. The number of aromatic nitrogens is 1. The van der Waals surface area contributed by atoms with Crippen molar-refractivity contribution in [1.29, 1.82) is 0 Å². The van der Waals surface area contributed by atoms with E-state index in [-0.39, 0.29) is 10.6 Å². The van der Waals surface area contributed by atoms with Crippen molar-refractivity contribution in [1.82, 2.24) is 4.98 Å². The first kappa shape index (κ1) is 15.6. The third-order valence-electron chi connectivity index (χ3n) is 4.40. The van der Waals surface area contributed by atoms with Crippen molar-refractivity contribution in [2.75, 3.05) is 26.2 Å². The van der Waals surface area contributed by atoms with Gasteiger partial charge in [0.05, 0.1) is 10.6 Å². The summed E-state index contributed by atoms with van der Waals surface area (Å²) in [6, 6.07) is 13.1. The zero-order valence-electron chi connectivity index (χ0n) is 13.1. The number of nitro benzene ring substituents is 1. The van der Waals surface area contributed by atoms with E-state index in [0.29, 0.717) is 0 Å². The van der Waals surface area contributed by atoms with E-state index < -0.39 is 0 Å². The maximum atomic E-state index is 10.9. The van der Waals surface area contributed by atoms with Crippen LogP contribution in [0.3, 0.4) is 0 Å². The molecular formula is C17H22N4O2+2. The molecule has 0 unspecified atom stereocenters. The number of nitro groups is 1. The molecule has 1 aliphatic heterocycles. The lowest BCUT2D eigenvalue weighted by Crippen LogP contribution is -3.27. The average molecular weight is 314 g/mol. The van der Waals surface area contributed by atoms with Crippen molar-refractivity contribution in [2.24, 2.45) is 0 Å². The fourth-order valence-corrected chi connectivity index (χ4v) is 3.14. The Kier molecular flexibility index (Phi) is 4.95. The molecule has 1 aliphatic rings. The summed E-state index contributed by atoms with van der Waals surface area (Å²) in [7, 11) is 0. The molecule has 0 amide bonds. The van der Waals surface area contributed by atoms with Gasteiger partial charge in [-0.3, -0.25) is 15.1 Å². The third kappa shape index (κ3) is 4.34. The van der Waals surface area contributed by atoms with Gasteiger partial charge in [0.25, 0.3) is 5.69 Å². The lowest BCUT2D eigenvalue weighted by Gasteiger charge is -2.29. The summed E-state index contributed by atoms with van der Waals surface area (Å²) >= 11 is 0. The predicted octanol–water partition coefficient (Wildman–Crippen LogP) is -0.527. The van der Waals surface area contributed by atoms with Gasteiger partial charge < -0.3 is 9.80 Å². The Balaban J connectivity index is 1.51. The summed E-state index contributed by atoms with van der Waals surface area (Å²) in [5.74, 6) is 0. The van der Waals surface area contributed by atoms with Crippen LogP contribution in [0.4, 0.5) is 5.69 Å². The maximum absolute atomic E-state index is 10.9. The number of hydrogen-bond donors (Lipinski definition) is 2. The molecule has 1 aromatic carbocycles. The van der Waals surface area contributed by atoms with Gasteiger partial charge >= 0.3 is 0 Å². The fourth-order valence-electron chi connectivity index (χ4n) is 3.14. The molecule has 6 heteroatoms. The number of pyridine rings is 1. The van der Waals surface area contributed by atoms with E-state index in [1.807, 2.05) is 24.4 Å². The van der Waals surface area contributed by atoms with Gasteiger partial charge in [-0.15, -0.1) is 0 Å². The smallest absolute Gasteiger partial charge is 0.269 e. The van der Waals surface area contributed by atoms with E-state index in [0.717, 1.165) is 50.5 Å². The highest BCUT2D eigenvalue weighted by molar-refractivity contribution is 5.33. The van der Waals surface area contributed by atoms with Gasteiger partial charge in [-0.2, -0.15) is 0 Å². The van der Waals surface area contributed by atoms with E-state index in [1.165, 1.54) is 4.90 Å². The number of benzene rings is 1. The average Bonchev–Trinajstić information content (AvgIpc) is 2.58. The minimum Gasteiger partial charge on any atom is -0.322 e. The van der Waals surface area contributed by atoms with Crippen molar-refractivity contribution >= 4 is 5.69 Å². The van der Waals surface area contributed by atoms with Crippen molar-refractivity contribution in [3.8, 4) is 0 Å². The van der Waals surface area contributed by atoms with Gasteiger partial charge in [0, 0.05) is 23.9 Å². The third-order valence-corrected chi connectivity index (χ3v) is 4.40. The lowest BCUT2D eigenvalue weighted by atomic mass is 10.1. The highest BCUT2D eigenvalue weighted by Crippen LogP contribution is 2.12. The molecule has 120 valence electrons. The molecule has 0 bridgehead atoms. The van der Waals surface area contributed by atoms with Crippen LogP contribution in [0.15, 0.2) is 48.7 Å². The highest BCUT2D eigenvalue weighted by Gasteiger charge is 2.23. The van der Waals surface area contributed by atoms with Gasteiger partial charge in [0.2, 0.25) is 0 Å². The molecule has 1 fully saturated rings. The summed E-state index contributed by atoms with van der Waals surface area (Å²) in [6.45, 7) is 6.24. The van der Waals surface area contributed by atoms with Crippen LogP contribution < -0.4 is 9.80 Å². The van der Waals surface area contributed by atoms with Crippen LogP contribution >= 0.6 is 0 Å². The predicted molar refractivity (Wildman–Crippen MR) is 86.1 cm³/mol. The van der Waals surface area contributed by atoms with Crippen molar-refractivity contribution < 1.29 is 14.7 Å². The molecule has 0 atom stereocenters. The molecule has 2 N–H and O–H groups in total. The van der Waals surface area contributed by atoms with E-state index in [1.54, 1.807) is 23.1 Å². The number of nitrogens with one attached hydrogen (secondary N) is 2. The van der Waals surface area contributed by atoms with Crippen LogP contribution in [-0.4, -0.2) is 36.1 Å². The Hall–Kier alpha value is -2.31. The van der Waals surface area contributed by atoms with Crippen LogP contribution in [0.1, 0.15) is 11.3 Å². The van der Waals surface area contributed by atoms with Crippen molar-refractivity contribution in [3.63, 3.8) is 0 Å². The van der Waals surface area contributed by atoms with Gasteiger partial charge in [0.1, 0.15) is 39.3 Å². The Morgan fingerprint density at radius 3 is 2.39 bits per heavy atom. The Morgan fingerprint density at radius 1 is 1.00 bits per heavy atom. The Bertz CT molecular complexity index is 655. The maximum Gasteiger partial charge on any atom is 0.269 e. The van der Waals surface area contributed by atoms with Gasteiger partial charge in [-0.25, -0.2) is 0 Å². The van der Waals surface area contributed by atoms with Crippen molar-refractivity contribution in [2.45, 2.75) is 13.1 Å². The molecule has 6 nitrogen and oxygen atoms in total. The molecule has 0 saturated carbocycles. The van der Waals surface area contributed by atoms with Crippen LogP contribution in [0.25, 0.3) is 0 Å². The molecule has 2 aromatic rings. The van der Waals surface area contributed by atoms with Gasteiger partial charge in [0.15, 0.2) is 0 Å². The number of nitrogens with zero attached hydrogens (tertiary/aromatic N) is 2. The standard InChI is InChI=1S/C17H20N4O2/c22-21(23)17-6-3-4-15(12-17)13-19-8-10-20(11-9-19)14-16-5-1-2-7-18-16/h1-7,12H,8-11,13-14H2/p+2. The Labute approximate surface area is 135 Å². The minimum absolute atomic E-state index is 0.182. The first-order chi connectivity index (χ1) is 11.2. The summed E-state index contributed by atoms with van der Waals surface area (Å²) in [4.78, 5) is 18.0. The SMILES string of the molecule is O=[N+]([O-])c1cccc(C[NH+]2CC[NH+](Cc3ccccn3)CC2)c1. The normalized spacial score (nSPS) is 21.0. The minimum atomic E-state index is -0.326. The second-order valence-electron chi connectivity index (χ2n) is 6.10. The molecule has 0 spiro atoms. The quantitative estimate of drug-likeness (QED) is 0.576. The molecule has 0 aliphatic carbocycles. The molecule has 3 rings (SSSR count). The van der Waals surface area contributed by atoms with Gasteiger partial charge in [-0.05, 0) is 12.1 Å². The summed E-state index contributed by atoms with van der Waals surface area (Å²) in [6.07, 6.45) is 1.85. The number of non-ortho nitro benzene ring substituents is 1. The lowest BCUT2D eigenvalue weighted by molar-refractivity contribution is -1.02. The zero-order valence-corrected chi connectivity index (χ0v) is 13.1. The van der Waals surface area contributed by atoms with E-state index in [2.05, 4.69) is 11.1 Å².